The van der Waals surface area contributed by atoms with E-state index in [-0.39, 0.29) is 71.2 Å². The van der Waals surface area contributed by atoms with Gasteiger partial charge < -0.3 is 47.7 Å². The number of aliphatic carboxylic acids is 1. The van der Waals surface area contributed by atoms with Crippen molar-refractivity contribution < 1.29 is 41.1 Å². The van der Waals surface area contributed by atoms with Crippen molar-refractivity contribution in [2.75, 3.05) is 89.3 Å². The number of nitrogens with one attached hydrogen (secondary N) is 2. The number of pyridine rings is 4. The van der Waals surface area contributed by atoms with Crippen molar-refractivity contribution in [3.63, 3.8) is 0 Å². The highest BCUT2D eigenvalue weighted by Gasteiger charge is 2.56. The van der Waals surface area contributed by atoms with Gasteiger partial charge in [-0.2, -0.15) is 38.5 Å². The number of anilines is 6. The second-order valence-corrected chi connectivity index (χ2v) is 38.9. The molecule has 1 aliphatic carbocycles. The number of urea groups is 1. The molecule has 0 unspecified atom stereocenters. The van der Waals surface area contributed by atoms with Crippen LogP contribution in [0.5, 0.6) is 0 Å². The molecule has 21 rings (SSSR count). The first-order valence-electron chi connectivity index (χ1n) is 41.4. The van der Waals surface area contributed by atoms with Crippen LogP contribution < -0.4 is 43.4 Å². The maximum Gasteiger partial charge on any atom is 0.322 e. The van der Waals surface area contributed by atoms with Gasteiger partial charge in [0.1, 0.15) is 44.9 Å². The SMILES string of the molecule is CC(=O)c1c(N2CCS(=O)(=O)CC2)nc2c(-c3ccn(-c4ccccc4)c3)cnn2c1N.CCS(=O)(=O)N1CCC(c2nc3c(-c4ccc(-c5cccnc5)nc4)cnn3c(N)c2Br)CC1.Nc1c(Br)c(C2CCC(C(=O)O)CC2)nc2c(-c3ccc(-c4ccccc4)nc3)cnn12.Nc1c(Br)c(N2CC3(C2)NC(=O)NC3=O)nc2c(-c3cnc4ccccc4c3)cnn12. The summed E-state index contributed by atoms with van der Waals surface area (Å²) >= 11 is 10.7. The number of halogens is 3. The summed E-state index contributed by atoms with van der Waals surface area (Å²) in [6.07, 6.45) is 24.0. The Morgan fingerprint density at radius 2 is 1.05 bits per heavy atom. The molecular weight excluding hydrogens is 1880 g/mol. The fourth-order valence-electron chi connectivity index (χ4n) is 16.9. The molecule has 0 radical (unpaired) electrons. The summed E-state index contributed by atoms with van der Waals surface area (Å²) < 4.78 is 60.1. The van der Waals surface area contributed by atoms with Gasteiger partial charge in [0.25, 0.3) is 5.91 Å². The van der Waals surface area contributed by atoms with Crippen LogP contribution in [0.3, 0.4) is 0 Å². The number of sulfone groups is 1. The zero-order chi connectivity index (χ0) is 89.9. The quantitative estimate of drug-likeness (QED) is 0.0370. The van der Waals surface area contributed by atoms with Crippen LogP contribution in [0.4, 0.5) is 39.7 Å². The van der Waals surface area contributed by atoms with Gasteiger partial charge >= 0.3 is 12.0 Å². The molecule has 0 atom stereocenters. The Hall–Kier alpha value is -13.5. The number of rotatable bonds is 15. The number of aromatic nitrogens is 17. The van der Waals surface area contributed by atoms with Crippen LogP contribution in [-0.4, -0.2) is 195 Å². The van der Waals surface area contributed by atoms with Gasteiger partial charge in [-0.1, -0.05) is 78.9 Å². The summed E-state index contributed by atoms with van der Waals surface area (Å²) in [6.45, 7) is 5.18. The van der Waals surface area contributed by atoms with E-state index in [0.717, 1.165) is 112 Å². The third-order valence-electron chi connectivity index (χ3n) is 24.0. The molecule has 1 saturated carbocycles. The van der Waals surface area contributed by atoms with Crippen molar-refractivity contribution >= 4 is 160 Å². The van der Waals surface area contributed by atoms with E-state index in [2.05, 4.69) is 98.8 Å². The summed E-state index contributed by atoms with van der Waals surface area (Å²) in [5.74, 6) is 1.38. The number of nitrogens with zero attached hydrogens (tertiary/aromatic N) is 20. The van der Waals surface area contributed by atoms with Gasteiger partial charge in [-0.25, -0.2) is 45.9 Å². The molecule has 17 heterocycles. The van der Waals surface area contributed by atoms with E-state index in [1.165, 1.54) is 11.4 Å². The fourth-order valence-corrected chi connectivity index (χ4v) is 20.9. The number of piperidine rings is 1. The van der Waals surface area contributed by atoms with Crippen molar-refractivity contribution in [2.45, 2.75) is 69.7 Å². The van der Waals surface area contributed by atoms with Crippen molar-refractivity contribution in [2.24, 2.45) is 5.92 Å². The largest absolute Gasteiger partial charge is 0.481 e. The molecule has 4 aliphatic heterocycles. The standard InChI is InChI=1S/C24H22BrN5O2.C23H24BrN7O2S.C22H22N6O3S.C20H15BrN8O2/c25-20-21(15-6-8-16(9-7-15)24(31)32)29-23-18(13-28-30(23)22(20)26)17-10-11-19(27-12-17)14-4-2-1-3-5-14;1-2-34(32,33)30-10-7-15(8-11-30)21-20(24)22(25)31-23(29-21)18(14-28-31)16-5-6-19(27-13-16)17-4-3-9-26-12-17;1-15(29)19-20(23)28-21(25-22(19)26-9-11-32(30,31)12-10-26)18(13-24-28)16-7-8-27(14-16)17-5-3-2-4-6-17;21-14-15(22)29-16(25-17(14)28-8-20(9-28)18(30)26-19(31)27-20)12(7-24-29)11-5-10-3-1-2-4-13(10)23-6-11/h1-5,10-13,15-16H,6-9,26H2,(H,31,32);3-6,9,12-15H,2,7-8,10-11,25H2,1H3;2-8,13-14H,9-12,23H2,1H3;1-7H,8-9,22H2,(H2,26,27,30,31). The van der Waals surface area contributed by atoms with Gasteiger partial charge in [0, 0.05) is 148 Å². The smallest absolute Gasteiger partial charge is 0.322 e. The Morgan fingerprint density at radius 1 is 0.535 bits per heavy atom. The number of sulfonamides is 1. The molecule has 4 saturated heterocycles. The number of fused-ring (bicyclic) bond motifs is 5. The normalized spacial score (nSPS) is 16.8. The molecular formula is C89H83Br3N26O9S2. The molecule has 5 fully saturated rings. The van der Waals surface area contributed by atoms with Gasteiger partial charge in [0.05, 0.1) is 98.3 Å². The third kappa shape index (κ3) is 16.8. The zero-order valence-corrected chi connectivity index (χ0v) is 75.7. The first-order valence-corrected chi connectivity index (χ1v) is 47.2. The van der Waals surface area contributed by atoms with Crippen molar-refractivity contribution in [3.8, 4) is 72.7 Å². The number of carboxylic acids is 1. The molecule has 13 aromatic heterocycles. The number of nitrogens with two attached hydrogens (primary N) is 4. The molecule has 1 spiro atoms. The zero-order valence-electron chi connectivity index (χ0n) is 69.3. The van der Waals surface area contributed by atoms with E-state index in [4.69, 9.17) is 42.9 Å². The molecule has 3 aromatic carbocycles. The number of para-hydroxylation sites is 2. The number of carbonyl (C=O) groups excluding carboxylic acids is 3. The first kappa shape index (κ1) is 86.2. The lowest BCUT2D eigenvalue weighted by Gasteiger charge is -2.46. The summed E-state index contributed by atoms with van der Waals surface area (Å²) in [5.41, 5.74) is 41.4. The summed E-state index contributed by atoms with van der Waals surface area (Å²) in [7, 11) is -6.27. The molecule has 656 valence electrons. The van der Waals surface area contributed by atoms with Crippen LogP contribution >= 0.6 is 47.8 Å². The summed E-state index contributed by atoms with van der Waals surface area (Å²) in [5, 5.41) is 33.0. The molecule has 0 bridgehead atoms. The van der Waals surface area contributed by atoms with Crippen LogP contribution in [0.25, 0.3) is 106 Å². The van der Waals surface area contributed by atoms with Crippen molar-refractivity contribution in [3.05, 3.63) is 232 Å². The lowest BCUT2D eigenvalue weighted by atomic mass is 9.80. The number of nitrogen functional groups attached to an aromatic ring is 4. The monoisotopic (exact) mass is 1960 g/mol. The molecule has 5 aliphatic rings. The van der Waals surface area contributed by atoms with Crippen LogP contribution in [0.2, 0.25) is 0 Å². The number of imide groups is 1. The first-order chi connectivity index (χ1) is 62.2. The van der Waals surface area contributed by atoms with Crippen molar-refractivity contribution in [1.29, 1.82) is 0 Å². The highest BCUT2D eigenvalue weighted by Crippen LogP contribution is 2.44. The predicted molar refractivity (Wildman–Crippen MR) is 501 cm³/mol. The van der Waals surface area contributed by atoms with Crippen molar-refractivity contribution in [1.82, 2.24) is 97.8 Å². The molecule has 11 N–H and O–H groups in total. The maximum atomic E-state index is 12.4. The van der Waals surface area contributed by atoms with E-state index >= 15 is 0 Å². The summed E-state index contributed by atoms with van der Waals surface area (Å²) in [6, 6.07) is 43.1. The average Bonchev–Trinajstić information content (AvgIpc) is 1.56. The van der Waals surface area contributed by atoms with E-state index in [0.29, 0.717) is 112 Å². The van der Waals surface area contributed by atoms with E-state index < -0.39 is 37.4 Å². The molecule has 40 heteroatoms. The van der Waals surface area contributed by atoms with Crippen LogP contribution in [-0.2, 0) is 29.4 Å². The molecule has 129 heavy (non-hydrogen) atoms. The number of Topliss-reactive ketones (excluding diaryl/α,β-unsaturated/α-hetero) is 1. The predicted octanol–water partition coefficient (Wildman–Crippen LogP) is 12.8. The fraction of sp³-hybridized carbons (Fsp3) is 0.236. The number of amides is 3. The summed E-state index contributed by atoms with van der Waals surface area (Å²) in [4.78, 5) is 88.5. The Kier molecular flexibility index (Phi) is 23.6. The maximum absolute atomic E-state index is 12.4. The van der Waals surface area contributed by atoms with Gasteiger partial charge in [0.2, 0.25) is 10.0 Å². The van der Waals surface area contributed by atoms with E-state index in [1.54, 1.807) is 74.3 Å². The number of hydrogen-bond donors (Lipinski definition) is 7. The lowest BCUT2D eigenvalue weighted by Crippen LogP contribution is -2.71. The second kappa shape index (κ2) is 35.2. The van der Waals surface area contributed by atoms with E-state index in [1.807, 2.05) is 166 Å². The number of benzene rings is 3. The molecule has 35 nitrogen and oxygen atoms in total. The highest BCUT2D eigenvalue weighted by atomic mass is 79.9. The Labute approximate surface area is 762 Å². The van der Waals surface area contributed by atoms with E-state index in [9.17, 15) is 41.1 Å². The number of carboxylic acid groups (broad SMARTS) is 1. The lowest BCUT2D eigenvalue weighted by molar-refractivity contribution is -0.142. The van der Waals surface area contributed by atoms with Crippen LogP contribution in [0.1, 0.15) is 86.0 Å². The van der Waals surface area contributed by atoms with Gasteiger partial charge in [-0.3, -0.25) is 39.6 Å². The average molecular weight is 1960 g/mol. The minimum atomic E-state index is -3.19. The molecule has 3 amide bonds. The minimum Gasteiger partial charge on any atom is -0.481 e. The highest BCUT2D eigenvalue weighted by molar-refractivity contribution is 9.11. The van der Waals surface area contributed by atoms with Crippen LogP contribution in [0, 0.1) is 5.92 Å². The number of ketones is 1. The second-order valence-electron chi connectivity index (χ2n) is 31.9. The number of hydrogen-bond acceptors (Lipinski definition) is 26. The Morgan fingerprint density at radius 3 is 1.59 bits per heavy atom. The minimum absolute atomic E-state index is 0.0170. The van der Waals surface area contributed by atoms with Gasteiger partial charge in [-0.05, 0) is 155 Å². The van der Waals surface area contributed by atoms with Crippen LogP contribution in [0.15, 0.2) is 215 Å². The Balaban J connectivity index is 0.000000116. The third-order valence-corrected chi connectivity index (χ3v) is 29.9. The van der Waals surface area contributed by atoms with Gasteiger partial charge in [-0.15, -0.1) is 0 Å². The number of carbonyl (C=O) groups is 4. The van der Waals surface area contributed by atoms with Gasteiger partial charge in [0.15, 0.2) is 43.7 Å². The topological polar surface area (TPSA) is 472 Å². The molecule has 16 aromatic rings. The Bertz CT molecular complexity index is 7300.